The lowest BCUT2D eigenvalue weighted by Gasteiger charge is -2.42. The summed E-state index contributed by atoms with van der Waals surface area (Å²) in [5, 5.41) is 3.45. The Bertz CT molecular complexity index is 438. The van der Waals surface area contributed by atoms with Gasteiger partial charge in [0.2, 0.25) is 0 Å². The molecule has 1 N–H and O–H groups in total. The molecule has 0 aromatic heterocycles. The van der Waals surface area contributed by atoms with Gasteiger partial charge in [0.15, 0.2) is 0 Å². The average Bonchev–Trinajstić information content (AvgIpc) is 2.39. The summed E-state index contributed by atoms with van der Waals surface area (Å²) < 4.78 is 18.8. The van der Waals surface area contributed by atoms with E-state index in [4.69, 9.17) is 4.74 Å². The molecule has 1 aromatic carbocycles. The molecule has 1 atom stereocenters. The van der Waals surface area contributed by atoms with Gasteiger partial charge >= 0.3 is 0 Å². The molecule has 4 heteroatoms. The summed E-state index contributed by atoms with van der Waals surface area (Å²) in [6, 6.07) is 4.74. The van der Waals surface area contributed by atoms with Crippen LogP contribution in [0.3, 0.4) is 0 Å². The Kier molecular flexibility index (Phi) is 4.42. The van der Waals surface area contributed by atoms with E-state index in [0.29, 0.717) is 0 Å². The van der Waals surface area contributed by atoms with E-state index in [2.05, 4.69) is 17.3 Å². The highest BCUT2D eigenvalue weighted by Gasteiger charge is 2.33. The Morgan fingerprint density at radius 3 is 2.89 bits per heavy atom. The molecule has 106 valence electrons. The van der Waals surface area contributed by atoms with Gasteiger partial charge in [-0.05, 0) is 63.7 Å². The first kappa shape index (κ1) is 14.3. The highest BCUT2D eigenvalue weighted by Crippen LogP contribution is 2.29. The van der Waals surface area contributed by atoms with Crippen molar-refractivity contribution in [2.45, 2.75) is 24.8 Å². The van der Waals surface area contributed by atoms with Crippen molar-refractivity contribution in [1.82, 2.24) is 10.2 Å². The van der Waals surface area contributed by atoms with Crippen molar-refractivity contribution in [3.8, 4) is 5.75 Å². The minimum absolute atomic E-state index is 0.00801. The lowest BCUT2D eigenvalue weighted by molar-refractivity contribution is 0.150. The molecule has 19 heavy (non-hydrogen) atoms. The first-order valence-electron chi connectivity index (χ1n) is 6.78. The Morgan fingerprint density at radius 1 is 1.47 bits per heavy atom. The minimum Gasteiger partial charge on any atom is -0.496 e. The fraction of sp³-hybridized carbons (Fsp3) is 0.600. The second kappa shape index (κ2) is 5.88. The third-order valence-electron chi connectivity index (χ3n) is 4.07. The molecule has 1 unspecified atom stereocenters. The maximum absolute atomic E-state index is 13.5. The zero-order valence-corrected chi connectivity index (χ0v) is 12.0. The van der Waals surface area contributed by atoms with Crippen LogP contribution in [0.15, 0.2) is 18.2 Å². The Morgan fingerprint density at radius 2 is 2.26 bits per heavy atom. The van der Waals surface area contributed by atoms with Gasteiger partial charge in [0.05, 0.1) is 7.11 Å². The maximum atomic E-state index is 13.5. The van der Waals surface area contributed by atoms with E-state index in [1.165, 1.54) is 6.07 Å². The number of likely N-dealkylation sites (N-methyl/N-ethyl adjacent to an activating group) is 2. The van der Waals surface area contributed by atoms with Crippen molar-refractivity contribution in [2.75, 3.05) is 34.3 Å². The molecule has 1 aliphatic heterocycles. The van der Waals surface area contributed by atoms with E-state index < -0.39 is 0 Å². The molecular formula is C15H23FN2O. The molecule has 0 spiro atoms. The summed E-state index contributed by atoms with van der Waals surface area (Å²) in [5.41, 5.74) is 0.945. The molecule has 1 heterocycles. The van der Waals surface area contributed by atoms with Gasteiger partial charge in [-0.15, -0.1) is 0 Å². The second-order valence-corrected chi connectivity index (χ2v) is 5.50. The zero-order valence-electron chi connectivity index (χ0n) is 12.0. The number of nitrogens with one attached hydrogen (secondary N) is 1. The fourth-order valence-electron chi connectivity index (χ4n) is 3.05. The molecular weight excluding hydrogens is 243 g/mol. The molecule has 0 radical (unpaired) electrons. The predicted octanol–water partition coefficient (Wildman–Crippen LogP) is 2.06. The van der Waals surface area contributed by atoms with Crippen LogP contribution in [0.25, 0.3) is 0 Å². The summed E-state index contributed by atoms with van der Waals surface area (Å²) >= 11 is 0. The van der Waals surface area contributed by atoms with Crippen LogP contribution >= 0.6 is 0 Å². The number of rotatable bonds is 4. The molecule has 1 fully saturated rings. The predicted molar refractivity (Wildman–Crippen MR) is 75.2 cm³/mol. The van der Waals surface area contributed by atoms with E-state index in [0.717, 1.165) is 43.7 Å². The van der Waals surface area contributed by atoms with Gasteiger partial charge in [0.1, 0.15) is 11.6 Å². The molecule has 3 nitrogen and oxygen atoms in total. The number of halogens is 1. The molecule has 1 saturated heterocycles. The molecule has 2 rings (SSSR count). The van der Waals surface area contributed by atoms with Gasteiger partial charge in [0.25, 0.3) is 0 Å². The van der Waals surface area contributed by atoms with E-state index >= 15 is 0 Å². The SMILES string of the molecule is CNC1(Cc2cc(F)ccc2OC)CCCN(C)C1. The first-order valence-corrected chi connectivity index (χ1v) is 6.78. The molecule has 1 aromatic rings. The summed E-state index contributed by atoms with van der Waals surface area (Å²) in [6.07, 6.45) is 3.05. The maximum Gasteiger partial charge on any atom is 0.123 e. The van der Waals surface area contributed by atoms with E-state index in [1.807, 2.05) is 7.05 Å². The van der Waals surface area contributed by atoms with Crippen molar-refractivity contribution in [2.24, 2.45) is 0 Å². The van der Waals surface area contributed by atoms with Crippen LogP contribution in [0, 0.1) is 5.82 Å². The second-order valence-electron chi connectivity index (χ2n) is 5.50. The highest BCUT2D eigenvalue weighted by molar-refractivity contribution is 5.35. The van der Waals surface area contributed by atoms with Crippen LogP contribution in [0.5, 0.6) is 5.75 Å². The summed E-state index contributed by atoms with van der Waals surface area (Å²) in [6.45, 7) is 2.10. The standard InChI is InChI=1S/C15H23FN2O/c1-17-15(7-4-8-18(2)11-15)10-12-9-13(16)5-6-14(12)19-3/h5-6,9,17H,4,7-8,10-11H2,1-3H3. The quantitative estimate of drug-likeness (QED) is 0.903. The van der Waals surface area contributed by atoms with Gasteiger partial charge in [-0.3, -0.25) is 0 Å². The average molecular weight is 266 g/mol. The van der Waals surface area contributed by atoms with Gasteiger partial charge in [-0.2, -0.15) is 0 Å². The number of benzene rings is 1. The fourth-order valence-corrected chi connectivity index (χ4v) is 3.05. The van der Waals surface area contributed by atoms with Crippen LogP contribution in [-0.4, -0.2) is 44.7 Å². The van der Waals surface area contributed by atoms with Crippen LogP contribution in [-0.2, 0) is 6.42 Å². The Balaban J connectivity index is 2.24. The first-order chi connectivity index (χ1) is 9.08. The number of likely N-dealkylation sites (tertiary alicyclic amines) is 1. The van der Waals surface area contributed by atoms with Gasteiger partial charge < -0.3 is 15.0 Å². The zero-order chi connectivity index (χ0) is 13.9. The number of hydrogen-bond acceptors (Lipinski definition) is 3. The number of ether oxygens (including phenoxy) is 1. The van der Waals surface area contributed by atoms with Gasteiger partial charge in [-0.25, -0.2) is 4.39 Å². The van der Waals surface area contributed by atoms with Crippen molar-refractivity contribution in [1.29, 1.82) is 0 Å². The molecule has 0 amide bonds. The lowest BCUT2D eigenvalue weighted by atomic mass is 9.83. The van der Waals surface area contributed by atoms with Crippen LogP contribution in [0.4, 0.5) is 4.39 Å². The summed E-state index contributed by atoms with van der Waals surface area (Å²) in [7, 11) is 5.76. The van der Waals surface area contributed by atoms with E-state index in [1.54, 1.807) is 19.2 Å². The molecule has 1 aliphatic rings. The van der Waals surface area contributed by atoms with Crippen molar-refractivity contribution in [3.05, 3.63) is 29.6 Å². The topological polar surface area (TPSA) is 24.5 Å². The van der Waals surface area contributed by atoms with E-state index in [-0.39, 0.29) is 11.4 Å². The highest BCUT2D eigenvalue weighted by atomic mass is 19.1. The largest absolute Gasteiger partial charge is 0.496 e. The monoisotopic (exact) mass is 266 g/mol. The molecule has 0 saturated carbocycles. The van der Waals surface area contributed by atoms with Crippen molar-refractivity contribution in [3.63, 3.8) is 0 Å². The number of methoxy groups -OCH3 is 1. The van der Waals surface area contributed by atoms with Crippen molar-refractivity contribution < 1.29 is 9.13 Å². The smallest absolute Gasteiger partial charge is 0.123 e. The Hall–Kier alpha value is -1.13. The van der Waals surface area contributed by atoms with Crippen molar-refractivity contribution >= 4 is 0 Å². The number of hydrogen-bond donors (Lipinski definition) is 1. The van der Waals surface area contributed by atoms with Crippen LogP contribution in [0.2, 0.25) is 0 Å². The summed E-state index contributed by atoms with van der Waals surface area (Å²) in [5.74, 6) is 0.565. The van der Waals surface area contributed by atoms with Gasteiger partial charge in [0, 0.05) is 12.1 Å². The number of piperidine rings is 1. The summed E-state index contributed by atoms with van der Waals surface area (Å²) in [4.78, 5) is 2.33. The van der Waals surface area contributed by atoms with E-state index in [9.17, 15) is 4.39 Å². The third-order valence-corrected chi connectivity index (χ3v) is 4.07. The molecule has 0 bridgehead atoms. The van der Waals surface area contributed by atoms with Crippen LogP contribution in [0.1, 0.15) is 18.4 Å². The Labute approximate surface area is 114 Å². The van der Waals surface area contributed by atoms with Crippen LogP contribution < -0.4 is 10.1 Å². The number of nitrogens with zero attached hydrogens (tertiary/aromatic N) is 1. The minimum atomic E-state index is -0.203. The van der Waals surface area contributed by atoms with Gasteiger partial charge in [-0.1, -0.05) is 0 Å². The lowest BCUT2D eigenvalue weighted by Crippen LogP contribution is -2.56. The molecule has 0 aliphatic carbocycles. The normalized spacial score (nSPS) is 24.4. The third kappa shape index (κ3) is 3.25.